The van der Waals surface area contributed by atoms with Crippen molar-refractivity contribution in [2.45, 2.75) is 59.0 Å². The normalized spacial score (nSPS) is 13.9. The molecule has 4 rings (SSSR count). The van der Waals surface area contributed by atoms with Crippen LogP contribution in [-0.4, -0.2) is 26.8 Å². The number of rotatable bonds is 7. The van der Waals surface area contributed by atoms with Gasteiger partial charge in [0.1, 0.15) is 6.54 Å². The van der Waals surface area contributed by atoms with Crippen LogP contribution in [0, 0.1) is 13.8 Å². The predicted octanol–water partition coefficient (Wildman–Crippen LogP) is 4.52. The van der Waals surface area contributed by atoms with Crippen molar-refractivity contribution in [1.29, 1.82) is 0 Å². The highest BCUT2D eigenvalue weighted by Gasteiger charge is 2.18. The number of hydrogen-bond donors (Lipinski definition) is 1. The lowest BCUT2D eigenvalue weighted by molar-refractivity contribution is -0.121. The van der Waals surface area contributed by atoms with Gasteiger partial charge in [0.15, 0.2) is 0 Å². The molecule has 1 amide bonds. The first-order valence-electron chi connectivity index (χ1n) is 11.2. The van der Waals surface area contributed by atoms with Crippen molar-refractivity contribution in [1.82, 2.24) is 19.7 Å². The molecule has 0 radical (unpaired) electrons. The number of carbonyl (C=O) groups is 1. The predicted molar refractivity (Wildman–Crippen MR) is 128 cm³/mol. The van der Waals surface area contributed by atoms with Crippen molar-refractivity contribution in [3.05, 3.63) is 74.4 Å². The van der Waals surface area contributed by atoms with E-state index in [-0.39, 0.29) is 18.0 Å². The van der Waals surface area contributed by atoms with Crippen LogP contribution < -0.4 is 10.9 Å². The number of fused-ring (bicyclic) bond motifs is 1. The first-order chi connectivity index (χ1) is 15.5. The molecule has 0 unspecified atom stereocenters. The molecule has 0 bridgehead atoms. The van der Waals surface area contributed by atoms with Gasteiger partial charge in [-0.1, -0.05) is 41.4 Å². The van der Waals surface area contributed by atoms with E-state index in [1.54, 1.807) is 6.20 Å². The highest BCUT2D eigenvalue weighted by atomic mass is 35.5. The van der Waals surface area contributed by atoms with Gasteiger partial charge in [-0.2, -0.15) is 5.10 Å². The van der Waals surface area contributed by atoms with Crippen LogP contribution in [0.4, 0.5) is 0 Å². The van der Waals surface area contributed by atoms with Gasteiger partial charge in [-0.15, -0.1) is 0 Å². The van der Waals surface area contributed by atoms with Gasteiger partial charge >= 0.3 is 0 Å². The Hall–Kier alpha value is -2.86. The molecular formula is C25H29ClN4O2. The molecule has 0 spiro atoms. The Bertz CT molecular complexity index is 1240. The molecule has 32 heavy (non-hydrogen) atoms. The number of benzene rings is 1. The maximum absolute atomic E-state index is 13.2. The third-order valence-corrected chi connectivity index (χ3v) is 6.71. The van der Waals surface area contributed by atoms with Crippen molar-refractivity contribution >= 4 is 28.3 Å². The molecule has 2 aromatic heterocycles. The zero-order chi connectivity index (χ0) is 22.7. The molecule has 1 aromatic carbocycles. The van der Waals surface area contributed by atoms with E-state index in [2.05, 4.69) is 21.1 Å². The number of hydrogen-bond acceptors (Lipinski definition) is 3. The Morgan fingerprint density at radius 3 is 2.75 bits per heavy atom. The van der Waals surface area contributed by atoms with Crippen molar-refractivity contribution in [3.8, 4) is 0 Å². The number of halogens is 1. The summed E-state index contributed by atoms with van der Waals surface area (Å²) in [6.07, 6.45) is 9.58. The Labute approximate surface area is 192 Å². The van der Waals surface area contributed by atoms with Gasteiger partial charge in [0.25, 0.3) is 5.56 Å². The molecule has 6 nitrogen and oxygen atoms in total. The minimum absolute atomic E-state index is 0.0813. The number of aryl methyl sites for hydroxylation is 2. The maximum Gasteiger partial charge on any atom is 0.276 e. The largest absolute Gasteiger partial charge is 0.354 e. The molecule has 2 heterocycles. The molecule has 0 saturated heterocycles. The van der Waals surface area contributed by atoms with Crippen molar-refractivity contribution < 1.29 is 4.79 Å². The molecule has 0 fully saturated rings. The van der Waals surface area contributed by atoms with Crippen molar-refractivity contribution in [3.63, 3.8) is 0 Å². The summed E-state index contributed by atoms with van der Waals surface area (Å²) < 4.78 is 3.33. The van der Waals surface area contributed by atoms with Crippen LogP contribution in [0.5, 0.6) is 0 Å². The third kappa shape index (κ3) is 4.65. The lowest BCUT2D eigenvalue weighted by atomic mass is 9.97. The number of aromatic nitrogens is 3. The summed E-state index contributed by atoms with van der Waals surface area (Å²) in [4.78, 5) is 25.6. The van der Waals surface area contributed by atoms with Crippen LogP contribution in [0.25, 0.3) is 10.8 Å². The van der Waals surface area contributed by atoms with Crippen molar-refractivity contribution in [2.24, 2.45) is 0 Å². The van der Waals surface area contributed by atoms with Crippen molar-refractivity contribution in [2.75, 3.05) is 6.54 Å². The molecule has 3 aromatic rings. The van der Waals surface area contributed by atoms with E-state index >= 15 is 0 Å². The van der Waals surface area contributed by atoms with Crippen LogP contribution in [0.15, 0.2) is 46.9 Å². The minimum atomic E-state index is -0.244. The zero-order valence-corrected chi connectivity index (χ0v) is 19.4. The molecule has 1 N–H and O–H groups in total. The van der Waals surface area contributed by atoms with Crippen LogP contribution in [0.2, 0.25) is 5.02 Å². The summed E-state index contributed by atoms with van der Waals surface area (Å²) in [6.45, 7) is 4.98. The second kappa shape index (κ2) is 9.74. The maximum atomic E-state index is 13.2. The fourth-order valence-electron chi connectivity index (χ4n) is 4.48. The van der Waals surface area contributed by atoms with Gasteiger partial charge in [0, 0.05) is 34.9 Å². The summed E-state index contributed by atoms with van der Waals surface area (Å²) in [5.74, 6) is -0.194. The fourth-order valence-corrected chi connectivity index (χ4v) is 4.67. The SMILES string of the molecule is Cc1c2cnn(CC(=O)NCCC3=CCCCC3)c(=O)c2c(C)n1Cc1ccccc1Cl. The third-order valence-electron chi connectivity index (χ3n) is 6.34. The summed E-state index contributed by atoms with van der Waals surface area (Å²) in [7, 11) is 0. The highest BCUT2D eigenvalue weighted by Crippen LogP contribution is 2.25. The second-order valence-electron chi connectivity index (χ2n) is 8.45. The van der Waals surface area contributed by atoms with E-state index in [0.717, 1.165) is 41.6 Å². The van der Waals surface area contributed by atoms with E-state index < -0.39 is 0 Å². The molecular weight excluding hydrogens is 424 g/mol. The van der Waals surface area contributed by atoms with E-state index in [1.165, 1.54) is 23.1 Å². The Balaban J connectivity index is 1.51. The molecule has 7 heteroatoms. The van der Waals surface area contributed by atoms with Gasteiger partial charge in [0.2, 0.25) is 5.91 Å². The molecule has 0 aliphatic heterocycles. The van der Waals surface area contributed by atoms with Gasteiger partial charge in [-0.25, -0.2) is 4.68 Å². The van der Waals surface area contributed by atoms with E-state index in [1.807, 2.05) is 38.1 Å². The Morgan fingerprint density at radius 1 is 1.19 bits per heavy atom. The van der Waals surface area contributed by atoms with Gasteiger partial charge < -0.3 is 9.88 Å². The standard InChI is InChI=1S/C25H29ClN4O2/c1-17-21-14-28-30(16-23(31)27-13-12-19-8-4-3-5-9-19)25(32)24(21)18(2)29(17)15-20-10-6-7-11-22(20)26/h6-8,10-11,14H,3-5,9,12-13,15-16H2,1-2H3,(H,27,31). The molecule has 0 saturated carbocycles. The number of amides is 1. The average Bonchev–Trinajstić information content (AvgIpc) is 3.03. The summed E-state index contributed by atoms with van der Waals surface area (Å²) in [5, 5.41) is 9.30. The first-order valence-corrected chi connectivity index (χ1v) is 11.6. The number of allylic oxidation sites excluding steroid dienone is 1. The molecule has 168 valence electrons. The zero-order valence-electron chi connectivity index (χ0n) is 18.7. The molecule has 1 aliphatic rings. The lowest BCUT2D eigenvalue weighted by Gasteiger charge is -2.13. The van der Waals surface area contributed by atoms with Crippen LogP contribution in [-0.2, 0) is 17.9 Å². The van der Waals surface area contributed by atoms with Crippen LogP contribution in [0.3, 0.4) is 0 Å². The summed E-state index contributed by atoms with van der Waals surface area (Å²) in [5.41, 5.74) is 3.97. The highest BCUT2D eigenvalue weighted by molar-refractivity contribution is 6.31. The van der Waals surface area contributed by atoms with E-state index in [9.17, 15) is 9.59 Å². The lowest BCUT2D eigenvalue weighted by Crippen LogP contribution is -2.34. The van der Waals surface area contributed by atoms with E-state index in [4.69, 9.17) is 11.6 Å². The number of carbonyl (C=O) groups excluding carboxylic acids is 1. The Morgan fingerprint density at radius 2 is 2.00 bits per heavy atom. The molecule has 0 atom stereocenters. The van der Waals surface area contributed by atoms with E-state index in [0.29, 0.717) is 23.5 Å². The van der Waals surface area contributed by atoms with Gasteiger partial charge in [-0.3, -0.25) is 9.59 Å². The van der Waals surface area contributed by atoms with Gasteiger partial charge in [0.05, 0.1) is 11.6 Å². The summed E-state index contributed by atoms with van der Waals surface area (Å²) >= 11 is 6.34. The topological polar surface area (TPSA) is 68.9 Å². The molecule has 1 aliphatic carbocycles. The second-order valence-corrected chi connectivity index (χ2v) is 8.86. The van der Waals surface area contributed by atoms with Crippen LogP contribution >= 0.6 is 11.6 Å². The fraction of sp³-hybridized carbons (Fsp3) is 0.400. The smallest absolute Gasteiger partial charge is 0.276 e. The summed E-state index contributed by atoms with van der Waals surface area (Å²) in [6, 6.07) is 7.70. The van der Waals surface area contributed by atoms with Crippen LogP contribution in [0.1, 0.15) is 49.1 Å². The average molecular weight is 453 g/mol. The number of nitrogens with one attached hydrogen (secondary N) is 1. The quantitative estimate of drug-likeness (QED) is 0.536. The van der Waals surface area contributed by atoms with Gasteiger partial charge in [-0.05, 0) is 57.6 Å². The first kappa shape index (κ1) is 22.3. The Kier molecular flexibility index (Phi) is 6.80. The monoisotopic (exact) mass is 452 g/mol. The minimum Gasteiger partial charge on any atom is -0.354 e. The number of nitrogens with zero attached hydrogens (tertiary/aromatic N) is 3.